The number of nitro groups is 1. The molecule has 0 aliphatic carbocycles. The van der Waals surface area contributed by atoms with Gasteiger partial charge in [-0.1, -0.05) is 0 Å². The van der Waals surface area contributed by atoms with Crippen LogP contribution in [0.15, 0.2) is 29.2 Å². The van der Waals surface area contributed by atoms with Crippen molar-refractivity contribution in [2.45, 2.75) is 11.1 Å². The van der Waals surface area contributed by atoms with Gasteiger partial charge in [-0.25, -0.2) is 8.42 Å². The molecular weight excluding hydrogens is 319 g/mol. The van der Waals surface area contributed by atoms with E-state index in [4.69, 9.17) is 5.11 Å². The number of halogens is 3. The summed E-state index contributed by atoms with van der Waals surface area (Å²) in [6.45, 7) is 0. The number of hydrogen-bond acceptors (Lipinski definition) is 5. The van der Waals surface area contributed by atoms with Crippen molar-refractivity contribution in [3.63, 3.8) is 0 Å². The molecular formula is C10H8F3NO6S. The van der Waals surface area contributed by atoms with Gasteiger partial charge in [0.15, 0.2) is 15.8 Å². The minimum atomic E-state index is -5.22. The molecule has 7 nitrogen and oxygen atoms in total. The number of nitro benzene ring substituents is 1. The topological polar surface area (TPSA) is 115 Å². The molecule has 0 aliphatic heterocycles. The molecule has 0 aromatic heterocycles. The first-order valence-electron chi connectivity index (χ1n) is 5.22. The van der Waals surface area contributed by atoms with E-state index in [0.717, 1.165) is 24.3 Å². The summed E-state index contributed by atoms with van der Waals surface area (Å²) in [5.41, 5.74) is -0.445. The lowest BCUT2D eigenvalue weighted by molar-refractivity contribution is -0.384. The lowest BCUT2D eigenvalue weighted by Gasteiger charge is -2.16. The van der Waals surface area contributed by atoms with Crippen molar-refractivity contribution in [1.82, 2.24) is 0 Å². The van der Waals surface area contributed by atoms with Crippen molar-refractivity contribution in [2.24, 2.45) is 5.92 Å². The quantitative estimate of drug-likeness (QED) is 0.649. The molecule has 0 saturated heterocycles. The number of nitrogens with zero attached hydrogens (tertiary/aromatic N) is 1. The number of carbonyl (C=O) groups is 1. The molecule has 21 heavy (non-hydrogen) atoms. The van der Waals surface area contributed by atoms with Gasteiger partial charge in [0.25, 0.3) is 5.69 Å². The summed E-state index contributed by atoms with van der Waals surface area (Å²) < 4.78 is 60.8. The Labute approximate surface area is 116 Å². The Balaban J connectivity index is 3.11. The van der Waals surface area contributed by atoms with E-state index in [1.807, 2.05) is 0 Å². The number of non-ortho nitro benzene ring substituents is 1. The maximum Gasteiger partial charge on any atom is 0.403 e. The molecule has 0 amide bonds. The molecule has 0 saturated carbocycles. The lowest BCUT2D eigenvalue weighted by atomic mass is 10.2. The highest BCUT2D eigenvalue weighted by molar-refractivity contribution is 7.91. The molecule has 1 aromatic carbocycles. The summed E-state index contributed by atoms with van der Waals surface area (Å²) in [7, 11) is -4.55. The first-order valence-corrected chi connectivity index (χ1v) is 6.87. The van der Waals surface area contributed by atoms with E-state index in [-0.39, 0.29) is 0 Å². The molecule has 1 aromatic rings. The number of aliphatic carboxylic acids is 1. The fraction of sp³-hybridized carbons (Fsp3) is 0.300. The van der Waals surface area contributed by atoms with Crippen molar-refractivity contribution in [1.29, 1.82) is 0 Å². The van der Waals surface area contributed by atoms with Gasteiger partial charge in [-0.3, -0.25) is 14.9 Å². The average molecular weight is 327 g/mol. The van der Waals surface area contributed by atoms with Crippen LogP contribution in [0.2, 0.25) is 0 Å². The van der Waals surface area contributed by atoms with Gasteiger partial charge >= 0.3 is 12.1 Å². The Hall–Kier alpha value is -2.17. The standard InChI is InChI=1S/C10H8F3NO6S/c11-10(12,13)8(9(15)16)5-21(19,20)7-3-1-6(2-4-7)14(17)18/h1-4,8H,5H2,(H,15,16). The van der Waals surface area contributed by atoms with Gasteiger partial charge in [0, 0.05) is 12.1 Å². The number of alkyl halides is 3. The van der Waals surface area contributed by atoms with Crippen LogP contribution in [0.4, 0.5) is 18.9 Å². The zero-order valence-corrected chi connectivity index (χ0v) is 10.9. The van der Waals surface area contributed by atoms with Crippen molar-refractivity contribution in [3.05, 3.63) is 34.4 Å². The third-order valence-corrected chi connectivity index (χ3v) is 4.25. The number of hydrogen-bond donors (Lipinski definition) is 1. The van der Waals surface area contributed by atoms with E-state index < -0.39 is 49.2 Å². The van der Waals surface area contributed by atoms with Crippen LogP contribution in [0.1, 0.15) is 0 Å². The molecule has 1 atom stereocenters. The second-order valence-electron chi connectivity index (χ2n) is 3.96. The normalized spacial score (nSPS) is 13.7. The van der Waals surface area contributed by atoms with Crippen LogP contribution in [-0.2, 0) is 14.6 Å². The van der Waals surface area contributed by atoms with E-state index in [1.54, 1.807) is 0 Å². The van der Waals surface area contributed by atoms with Gasteiger partial charge in [-0.05, 0) is 12.1 Å². The van der Waals surface area contributed by atoms with E-state index in [0.29, 0.717) is 0 Å². The van der Waals surface area contributed by atoms with Crippen LogP contribution < -0.4 is 0 Å². The Kier molecular flexibility index (Phi) is 4.56. The third kappa shape index (κ3) is 4.15. The van der Waals surface area contributed by atoms with Crippen LogP contribution >= 0.6 is 0 Å². The van der Waals surface area contributed by atoms with E-state index >= 15 is 0 Å². The molecule has 0 spiro atoms. The van der Waals surface area contributed by atoms with Gasteiger partial charge in [0.05, 0.1) is 15.6 Å². The van der Waals surface area contributed by atoms with Crippen LogP contribution in [0.5, 0.6) is 0 Å². The van der Waals surface area contributed by atoms with Gasteiger partial charge in [-0.15, -0.1) is 0 Å². The van der Waals surface area contributed by atoms with Crippen LogP contribution in [0, 0.1) is 16.0 Å². The highest BCUT2D eigenvalue weighted by atomic mass is 32.2. The number of carboxylic acids is 1. The van der Waals surface area contributed by atoms with Crippen molar-refractivity contribution < 1.29 is 36.4 Å². The number of benzene rings is 1. The smallest absolute Gasteiger partial charge is 0.403 e. The lowest BCUT2D eigenvalue weighted by Crippen LogP contribution is -2.36. The van der Waals surface area contributed by atoms with Gasteiger partial charge in [0.1, 0.15) is 0 Å². The van der Waals surface area contributed by atoms with Crippen molar-refractivity contribution in [2.75, 3.05) is 5.75 Å². The van der Waals surface area contributed by atoms with Gasteiger partial charge in [0.2, 0.25) is 0 Å². The second kappa shape index (κ2) is 5.68. The Morgan fingerprint density at radius 2 is 1.76 bits per heavy atom. The average Bonchev–Trinajstić information content (AvgIpc) is 2.34. The molecule has 1 N–H and O–H groups in total. The Morgan fingerprint density at radius 1 is 1.29 bits per heavy atom. The van der Waals surface area contributed by atoms with E-state index in [1.165, 1.54) is 0 Å². The zero-order chi connectivity index (χ0) is 16.4. The first kappa shape index (κ1) is 16.9. The van der Waals surface area contributed by atoms with Gasteiger partial charge < -0.3 is 5.11 Å². The zero-order valence-electron chi connectivity index (χ0n) is 10.1. The SMILES string of the molecule is O=C(O)C(CS(=O)(=O)c1ccc([N+](=O)[O-])cc1)C(F)(F)F. The second-order valence-corrected chi connectivity index (χ2v) is 6.00. The van der Waals surface area contributed by atoms with Crippen LogP contribution in [0.25, 0.3) is 0 Å². The van der Waals surface area contributed by atoms with Gasteiger partial charge in [-0.2, -0.15) is 13.2 Å². The maximum absolute atomic E-state index is 12.5. The highest BCUT2D eigenvalue weighted by Crippen LogP contribution is 2.29. The molecule has 116 valence electrons. The van der Waals surface area contributed by atoms with Crippen molar-refractivity contribution >= 4 is 21.5 Å². The summed E-state index contributed by atoms with van der Waals surface area (Å²) in [5, 5.41) is 18.9. The van der Waals surface area contributed by atoms with E-state index in [9.17, 15) is 36.5 Å². The fourth-order valence-electron chi connectivity index (χ4n) is 1.40. The largest absolute Gasteiger partial charge is 0.481 e. The predicted octanol–water partition coefficient (Wildman–Crippen LogP) is 1.63. The summed E-state index contributed by atoms with van der Waals surface area (Å²) in [6, 6.07) is 3.11. The third-order valence-electron chi connectivity index (χ3n) is 2.49. The molecule has 1 unspecified atom stereocenters. The summed E-state index contributed by atoms with van der Waals surface area (Å²) in [5.74, 6) is -7.06. The minimum absolute atomic E-state index is 0.445. The molecule has 0 heterocycles. The maximum atomic E-state index is 12.5. The predicted molar refractivity (Wildman–Crippen MR) is 62.3 cm³/mol. The minimum Gasteiger partial charge on any atom is -0.481 e. The number of sulfone groups is 1. The van der Waals surface area contributed by atoms with Crippen LogP contribution in [0.3, 0.4) is 0 Å². The molecule has 0 radical (unpaired) electrons. The Morgan fingerprint density at radius 3 is 2.10 bits per heavy atom. The summed E-state index contributed by atoms with van der Waals surface area (Å²) in [4.78, 5) is 19.5. The summed E-state index contributed by atoms with van der Waals surface area (Å²) >= 11 is 0. The molecule has 0 fully saturated rings. The summed E-state index contributed by atoms with van der Waals surface area (Å²) in [6.07, 6.45) is -5.22. The molecule has 0 bridgehead atoms. The number of rotatable bonds is 5. The van der Waals surface area contributed by atoms with Crippen molar-refractivity contribution in [3.8, 4) is 0 Å². The van der Waals surface area contributed by atoms with Crippen LogP contribution in [-0.4, -0.2) is 36.3 Å². The fourth-order valence-corrected chi connectivity index (χ4v) is 2.91. The molecule has 0 aliphatic rings. The Bertz CT molecular complexity index is 652. The molecule has 1 rings (SSSR count). The first-order chi connectivity index (χ1) is 9.45. The molecule has 11 heteroatoms. The number of carboxylic acid groups (broad SMARTS) is 1. The van der Waals surface area contributed by atoms with E-state index in [2.05, 4.69) is 0 Å². The monoisotopic (exact) mass is 327 g/mol. The highest BCUT2D eigenvalue weighted by Gasteiger charge is 2.47.